The Morgan fingerprint density at radius 3 is 2.58 bits per heavy atom. The summed E-state index contributed by atoms with van der Waals surface area (Å²) in [5.41, 5.74) is 3.00. The standard InChI is InChI=1S/C15H20N2O2/c1-9-5-10(2)15(17(18)19)8-13(9)16-14-7-11-3-4-12(14)6-11/h5,8,11-12,14,16H,3-4,6-7H2,1-2H3. The van der Waals surface area contributed by atoms with E-state index in [1.807, 2.05) is 13.0 Å². The lowest BCUT2D eigenvalue weighted by Crippen LogP contribution is -2.26. The van der Waals surface area contributed by atoms with E-state index in [2.05, 4.69) is 5.32 Å². The van der Waals surface area contributed by atoms with Crippen LogP contribution in [0.15, 0.2) is 12.1 Å². The third-order valence-electron chi connectivity index (χ3n) is 4.82. The number of hydrogen-bond donors (Lipinski definition) is 1. The molecular weight excluding hydrogens is 240 g/mol. The number of benzene rings is 1. The minimum atomic E-state index is -0.291. The van der Waals surface area contributed by atoms with Crippen LogP contribution in [-0.4, -0.2) is 11.0 Å². The second-order valence-electron chi connectivity index (χ2n) is 6.14. The Kier molecular flexibility index (Phi) is 2.96. The lowest BCUT2D eigenvalue weighted by Gasteiger charge is -2.25. The largest absolute Gasteiger partial charge is 0.382 e. The van der Waals surface area contributed by atoms with Crippen LogP contribution < -0.4 is 5.32 Å². The van der Waals surface area contributed by atoms with Crippen LogP contribution in [0.4, 0.5) is 11.4 Å². The number of aryl methyl sites for hydroxylation is 2. The summed E-state index contributed by atoms with van der Waals surface area (Å²) in [6.07, 6.45) is 5.25. The highest BCUT2D eigenvalue weighted by molar-refractivity contribution is 5.60. The minimum absolute atomic E-state index is 0.219. The first-order chi connectivity index (χ1) is 9.04. The van der Waals surface area contributed by atoms with Gasteiger partial charge in [-0.05, 0) is 56.6 Å². The molecule has 0 spiro atoms. The number of anilines is 1. The number of fused-ring (bicyclic) bond motifs is 2. The number of nitro benzene ring substituents is 1. The lowest BCUT2D eigenvalue weighted by atomic mass is 9.94. The van der Waals surface area contributed by atoms with Gasteiger partial charge < -0.3 is 5.32 Å². The van der Waals surface area contributed by atoms with E-state index in [0.717, 1.165) is 28.7 Å². The summed E-state index contributed by atoms with van der Waals surface area (Å²) in [5, 5.41) is 14.6. The van der Waals surface area contributed by atoms with Crippen LogP contribution in [0.5, 0.6) is 0 Å². The Morgan fingerprint density at radius 2 is 2.00 bits per heavy atom. The highest BCUT2D eigenvalue weighted by Crippen LogP contribution is 2.46. The average Bonchev–Trinajstić information content (AvgIpc) is 2.94. The van der Waals surface area contributed by atoms with Gasteiger partial charge in [-0.25, -0.2) is 0 Å². The summed E-state index contributed by atoms with van der Waals surface area (Å²) < 4.78 is 0. The first kappa shape index (κ1) is 12.5. The van der Waals surface area contributed by atoms with Crippen LogP contribution in [0.2, 0.25) is 0 Å². The Labute approximate surface area is 113 Å². The van der Waals surface area contributed by atoms with Crippen LogP contribution in [0, 0.1) is 35.8 Å². The van der Waals surface area contributed by atoms with Crippen molar-refractivity contribution in [2.24, 2.45) is 11.8 Å². The molecular formula is C15H20N2O2. The molecule has 0 amide bonds. The normalized spacial score (nSPS) is 28.6. The third-order valence-corrected chi connectivity index (χ3v) is 4.82. The highest BCUT2D eigenvalue weighted by Gasteiger charge is 2.39. The van der Waals surface area contributed by atoms with Gasteiger partial charge in [0, 0.05) is 23.4 Å². The van der Waals surface area contributed by atoms with Gasteiger partial charge in [0.2, 0.25) is 0 Å². The summed E-state index contributed by atoms with van der Waals surface area (Å²) in [5.74, 6) is 1.65. The smallest absolute Gasteiger partial charge is 0.274 e. The molecule has 0 radical (unpaired) electrons. The summed E-state index contributed by atoms with van der Waals surface area (Å²) in [7, 11) is 0. The molecule has 1 N–H and O–H groups in total. The van der Waals surface area contributed by atoms with Gasteiger partial charge in [-0.3, -0.25) is 10.1 Å². The third kappa shape index (κ3) is 2.20. The van der Waals surface area contributed by atoms with Gasteiger partial charge in [0.15, 0.2) is 0 Å². The van der Waals surface area contributed by atoms with E-state index in [0.29, 0.717) is 6.04 Å². The first-order valence-electron chi connectivity index (χ1n) is 7.06. The molecule has 0 aromatic heterocycles. The highest BCUT2D eigenvalue weighted by atomic mass is 16.6. The van der Waals surface area contributed by atoms with Crippen LogP contribution in [0.25, 0.3) is 0 Å². The molecule has 2 saturated carbocycles. The van der Waals surface area contributed by atoms with Crippen molar-refractivity contribution in [3.05, 3.63) is 33.4 Å². The fourth-order valence-corrected chi connectivity index (χ4v) is 3.81. The maximum Gasteiger partial charge on any atom is 0.274 e. The molecule has 2 aliphatic rings. The van der Waals surface area contributed by atoms with E-state index < -0.39 is 0 Å². The van der Waals surface area contributed by atoms with Crippen LogP contribution in [-0.2, 0) is 0 Å². The zero-order valence-electron chi connectivity index (χ0n) is 11.5. The summed E-state index contributed by atoms with van der Waals surface area (Å²) in [6.45, 7) is 3.82. The van der Waals surface area contributed by atoms with Gasteiger partial charge in [0.25, 0.3) is 5.69 Å². The molecule has 2 fully saturated rings. The molecule has 0 aliphatic heterocycles. The van der Waals surface area contributed by atoms with E-state index in [9.17, 15) is 10.1 Å². The van der Waals surface area contributed by atoms with E-state index in [1.54, 1.807) is 13.0 Å². The molecule has 19 heavy (non-hydrogen) atoms. The average molecular weight is 260 g/mol. The maximum absolute atomic E-state index is 11.0. The Balaban J connectivity index is 1.84. The number of hydrogen-bond acceptors (Lipinski definition) is 3. The summed E-state index contributed by atoms with van der Waals surface area (Å²) in [6, 6.07) is 4.13. The number of nitrogens with one attached hydrogen (secondary N) is 1. The van der Waals surface area contributed by atoms with Crippen LogP contribution >= 0.6 is 0 Å². The second kappa shape index (κ2) is 4.51. The van der Waals surface area contributed by atoms with E-state index >= 15 is 0 Å². The molecule has 3 unspecified atom stereocenters. The molecule has 0 heterocycles. The van der Waals surface area contributed by atoms with Crippen LogP contribution in [0.1, 0.15) is 36.8 Å². The van der Waals surface area contributed by atoms with E-state index in [-0.39, 0.29) is 10.6 Å². The molecule has 3 rings (SSSR count). The van der Waals surface area contributed by atoms with Crippen molar-refractivity contribution >= 4 is 11.4 Å². The fourth-order valence-electron chi connectivity index (χ4n) is 3.81. The Morgan fingerprint density at radius 1 is 1.21 bits per heavy atom. The van der Waals surface area contributed by atoms with Gasteiger partial charge >= 0.3 is 0 Å². The van der Waals surface area contributed by atoms with Crippen molar-refractivity contribution in [2.75, 3.05) is 5.32 Å². The van der Waals surface area contributed by atoms with Crippen molar-refractivity contribution in [1.82, 2.24) is 0 Å². The molecule has 2 aliphatic carbocycles. The zero-order chi connectivity index (χ0) is 13.6. The Hall–Kier alpha value is -1.58. The monoisotopic (exact) mass is 260 g/mol. The summed E-state index contributed by atoms with van der Waals surface area (Å²) >= 11 is 0. The van der Waals surface area contributed by atoms with Crippen molar-refractivity contribution in [3.8, 4) is 0 Å². The fraction of sp³-hybridized carbons (Fsp3) is 0.600. The maximum atomic E-state index is 11.0. The van der Waals surface area contributed by atoms with Gasteiger partial charge in [-0.2, -0.15) is 0 Å². The number of nitro groups is 1. The van der Waals surface area contributed by atoms with Gasteiger partial charge in [0.05, 0.1) is 4.92 Å². The van der Waals surface area contributed by atoms with E-state index in [1.165, 1.54) is 25.7 Å². The van der Waals surface area contributed by atoms with Crippen molar-refractivity contribution in [3.63, 3.8) is 0 Å². The quantitative estimate of drug-likeness (QED) is 0.664. The molecule has 1 aromatic rings. The molecule has 3 atom stereocenters. The first-order valence-corrected chi connectivity index (χ1v) is 7.06. The van der Waals surface area contributed by atoms with Crippen molar-refractivity contribution in [1.29, 1.82) is 0 Å². The predicted molar refractivity (Wildman–Crippen MR) is 75.4 cm³/mol. The predicted octanol–water partition coefficient (Wildman–Crippen LogP) is 3.81. The van der Waals surface area contributed by atoms with Crippen molar-refractivity contribution in [2.45, 2.75) is 45.6 Å². The molecule has 2 bridgehead atoms. The molecule has 0 saturated heterocycles. The van der Waals surface area contributed by atoms with Crippen LogP contribution in [0.3, 0.4) is 0 Å². The Bertz CT molecular complexity index is 527. The topological polar surface area (TPSA) is 55.2 Å². The number of nitrogens with zero attached hydrogens (tertiary/aromatic N) is 1. The molecule has 4 heteroatoms. The summed E-state index contributed by atoms with van der Waals surface area (Å²) in [4.78, 5) is 10.7. The lowest BCUT2D eigenvalue weighted by molar-refractivity contribution is -0.385. The molecule has 1 aromatic carbocycles. The number of rotatable bonds is 3. The second-order valence-corrected chi connectivity index (χ2v) is 6.14. The molecule has 102 valence electrons. The SMILES string of the molecule is Cc1cc(C)c([N+](=O)[O-])cc1NC1CC2CCC1C2. The molecule has 4 nitrogen and oxygen atoms in total. The van der Waals surface area contributed by atoms with Gasteiger partial charge in [-0.15, -0.1) is 0 Å². The van der Waals surface area contributed by atoms with E-state index in [4.69, 9.17) is 0 Å². The minimum Gasteiger partial charge on any atom is -0.382 e. The van der Waals surface area contributed by atoms with Gasteiger partial charge in [0.1, 0.15) is 0 Å². The van der Waals surface area contributed by atoms with Crippen molar-refractivity contribution < 1.29 is 4.92 Å². The zero-order valence-corrected chi connectivity index (χ0v) is 11.5. The van der Waals surface area contributed by atoms with Gasteiger partial charge in [-0.1, -0.05) is 6.42 Å².